The van der Waals surface area contributed by atoms with Crippen molar-refractivity contribution >= 4 is 73.8 Å². The van der Waals surface area contributed by atoms with Crippen molar-refractivity contribution in [1.82, 2.24) is 40.1 Å². The maximum absolute atomic E-state index is 14.0. The molecular formula is C53H69N11O8S2. The second-order valence-corrected chi connectivity index (χ2v) is 23.2. The van der Waals surface area contributed by atoms with Crippen LogP contribution in [-0.2, 0) is 45.2 Å². The van der Waals surface area contributed by atoms with Crippen molar-refractivity contribution in [3.63, 3.8) is 0 Å². The minimum absolute atomic E-state index is 0.0718. The summed E-state index contributed by atoms with van der Waals surface area (Å²) in [6.45, 7) is 17.6. The molecule has 4 heterocycles. The number of hydrogen-bond acceptors (Lipinski definition) is 15. The number of carbonyl (C=O) groups is 4. The first-order valence-electron chi connectivity index (χ1n) is 24.8. The summed E-state index contributed by atoms with van der Waals surface area (Å²) in [6.07, 6.45) is 2.90. The number of aromatic nitrogens is 3. The highest BCUT2D eigenvalue weighted by Crippen LogP contribution is 2.29. The second-order valence-electron chi connectivity index (χ2n) is 20.6. The van der Waals surface area contributed by atoms with Gasteiger partial charge in [-0.3, -0.25) is 19.2 Å². The van der Waals surface area contributed by atoms with E-state index in [-0.39, 0.29) is 49.0 Å². The molecule has 2 aliphatic heterocycles. The number of rotatable bonds is 20. The number of benzene rings is 3. The van der Waals surface area contributed by atoms with E-state index in [1.54, 1.807) is 72.4 Å². The van der Waals surface area contributed by atoms with Crippen LogP contribution in [0.25, 0.3) is 10.4 Å². The number of hydrogen-bond donors (Lipinski definition) is 5. The van der Waals surface area contributed by atoms with Crippen LogP contribution in [0.1, 0.15) is 71.2 Å². The van der Waals surface area contributed by atoms with E-state index in [2.05, 4.69) is 45.8 Å². The van der Waals surface area contributed by atoms with Gasteiger partial charge in [0.15, 0.2) is 0 Å². The number of sulfonamides is 1. The average Bonchev–Trinajstić information content (AvgIpc) is 4.04. The zero-order chi connectivity index (χ0) is 53.2. The van der Waals surface area contributed by atoms with Gasteiger partial charge in [0.25, 0.3) is 0 Å². The number of nitrogens with one attached hydrogen (secondary N) is 5. The fraction of sp³-hybridized carbons (Fsp3) is 0.453. The molecule has 19 nitrogen and oxygen atoms in total. The molecule has 0 spiro atoms. The van der Waals surface area contributed by atoms with Crippen molar-refractivity contribution in [2.45, 2.75) is 97.3 Å². The molecule has 74 heavy (non-hydrogen) atoms. The van der Waals surface area contributed by atoms with E-state index in [4.69, 9.17) is 9.47 Å². The molecule has 0 bridgehead atoms. The number of amides is 4. The van der Waals surface area contributed by atoms with E-state index in [0.29, 0.717) is 69.6 Å². The molecule has 5 N–H and O–H groups in total. The highest BCUT2D eigenvalue weighted by Gasteiger charge is 2.42. The molecule has 3 aromatic carbocycles. The lowest BCUT2D eigenvalue weighted by Crippen LogP contribution is -2.58. The Morgan fingerprint density at radius 1 is 0.824 bits per heavy atom. The molecular weight excluding hydrogens is 983 g/mol. The van der Waals surface area contributed by atoms with Gasteiger partial charge in [-0.05, 0) is 106 Å². The highest BCUT2D eigenvalue weighted by atomic mass is 32.2. The molecule has 4 amide bonds. The first kappa shape index (κ1) is 55.2. The fourth-order valence-corrected chi connectivity index (χ4v) is 10.9. The van der Waals surface area contributed by atoms with Crippen LogP contribution in [0, 0.1) is 19.3 Å². The molecule has 0 radical (unpaired) electrons. The van der Waals surface area contributed by atoms with E-state index in [1.807, 2.05) is 88.7 Å². The van der Waals surface area contributed by atoms with Crippen LogP contribution in [0.5, 0.6) is 0 Å². The SMILES string of the molecule is Cc1cnc(Nc2ccc(N3CCN(C(=O)COCCOCC(=O)NC(C(=O)N4CCC[C@H]4C(=O)NCc4ccc(-c5scnc5C)cc4)C(C)(C)C)CC3)cc2)nc1Nc1cccc(S(=O)(=O)NC(C)(C)C)c1. The van der Waals surface area contributed by atoms with E-state index < -0.39 is 39.0 Å². The molecule has 2 aromatic heterocycles. The van der Waals surface area contributed by atoms with Crippen LogP contribution in [0.2, 0.25) is 0 Å². The number of aryl methyl sites for hydroxylation is 2. The normalized spacial score (nSPS) is 15.7. The van der Waals surface area contributed by atoms with Crippen LogP contribution < -0.4 is 30.9 Å². The summed E-state index contributed by atoms with van der Waals surface area (Å²) in [5.41, 5.74) is 6.66. The van der Waals surface area contributed by atoms with Crippen molar-refractivity contribution in [1.29, 1.82) is 0 Å². The lowest BCUT2D eigenvalue weighted by molar-refractivity contribution is -0.144. The third kappa shape index (κ3) is 15.1. The summed E-state index contributed by atoms with van der Waals surface area (Å²) in [6, 6.07) is 20.9. The van der Waals surface area contributed by atoms with Gasteiger partial charge in [0.1, 0.15) is 31.1 Å². The number of nitrogens with zero attached hydrogens (tertiary/aromatic N) is 6. The Morgan fingerprint density at radius 3 is 2.19 bits per heavy atom. The Hall–Kier alpha value is -6.52. The standard InChI is InChI=1S/C53H69N11O8S2/c1-35-30-55-51(60-48(35)57-40-11-9-12-42(29-40)74(69,70)61-53(6,7)8)58-39-18-20-41(21-19-39)62-23-25-63(26-24-62)45(66)33-72-28-27-71-32-44(65)59-47(52(3,4)5)50(68)64-22-10-13-43(64)49(67)54-31-37-14-16-38(17-15-37)46-36(2)56-34-73-46/h9,11-12,14-21,29-30,34,43,47,61H,10,13,22-28,31-33H2,1-8H3,(H,54,67)(H,59,65)(H2,55,57,58,60)/t43-,47?/m0/s1. The summed E-state index contributed by atoms with van der Waals surface area (Å²) >= 11 is 1.59. The van der Waals surface area contributed by atoms with Gasteiger partial charge >= 0.3 is 0 Å². The van der Waals surface area contributed by atoms with Gasteiger partial charge in [0.05, 0.1) is 34.2 Å². The minimum atomic E-state index is -3.73. The monoisotopic (exact) mass is 1050 g/mol. The lowest BCUT2D eigenvalue weighted by atomic mass is 9.85. The van der Waals surface area contributed by atoms with Crippen molar-refractivity contribution in [3.8, 4) is 10.4 Å². The summed E-state index contributed by atoms with van der Waals surface area (Å²) in [5, 5.41) is 12.3. The van der Waals surface area contributed by atoms with Crippen LogP contribution >= 0.6 is 11.3 Å². The Bertz CT molecular complexity index is 2860. The van der Waals surface area contributed by atoms with Crippen LogP contribution in [0.3, 0.4) is 0 Å². The van der Waals surface area contributed by atoms with Crippen molar-refractivity contribution < 1.29 is 37.1 Å². The predicted molar refractivity (Wildman–Crippen MR) is 287 cm³/mol. The molecule has 396 valence electrons. The van der Waals surface area contributed by atoms with Gasteiger partial charge in [-0.25, -0.2) is 23.1 Å². The van der Waals surface area contributed by atoms with Gasteiger partial charge < -0.3 is 45.4 Å². The average molecular weight is 1050 g/mol. The Kier molecular flexibility index (Phi) is 18.1. The number of piperazine rings is 1. The number of likely N-dealkylation sites (tertiary alicyclic amines) is 1. The third-order valence-electron chi connectivity index (χ3n) is 12.5. The number of ether oxygens (including phenoxy) is 2. The molecule has 2 fully saturated rings. The molecule has 2 atom stereocenters. The van der Waals surface area contributed by atoms with E-state index in [9.17, 15) is 27.6 Å². The van der Waals surface area contributed by atoms with Gasteiger partial charge in [-0.1, -0.05) is 51.1 Å². The number of carbonyl (C=O) groups excluding carboxylic acids is 4. The first-order chi connectivity index (χ1) is 35.1. The first-order valence-corrected chi connectivity index (χ1v) is 27.2. The molecule has 5 aromatic rings. The smallest absolute Gasteiger partial charge is 0.248 e. The van der Waals surface area contributed by atoms with Gasteiger partial charge in [-0.2, -0.15) is 4.98 Å². The summed E-state index contributed by atoms with van der Waals surface area (Å²) in [5.74, 6) is -0.259. The van der Waals surface area contributed by atoms with Gasteiger partial charge in [0, 0.05) is 73.6 Å². The maximum atomic E-state index is 14.0. The molecule has 21 heteroatoms. The largest absolute Gasteiger partial charge is 0.369 e. The fourth-order valence-electron chi connectivity index (χ4n) is 8.58. The quantitative estimate of drug-likeness (QED) is 0.0539. The number of thiazole rings is 1. The zero-order valence-electron chi connectivity index (χ0n) is 43.5. The Morgan fingerprint density at radius 2 is 1.53 bits per heavy atom. The summed E-state index contributed by atoms with van der Waals surface area (Å²) in [7, 11) is -3.73. The molecule has 7 rings (SSSR count). The Labute approximate surface area is 438 Å². The molecule has 1 unspecified atom stereocenters. The molecule has 2 saturated heterocycles. The summed E-state index contributed by atoms with van der Waals surface area (Å²) in [4.78, 5) is 73.7. The van der Waals surface area contributed by atoms with Gasteiger partial charge in [-0.15, -0.1) is 11.3 Å². The van der Waals surface area contributed by atoms with Crippen LogP contribution in [0.4, 0.5) is 28.8 Å². The van der Waals surface area contributed by atoms with Crippen LogP contribution in [0.15, 0.2) is 89.4 Å². The van der Waals surface area contributed by atoms with Crippen molar-refractivity contribution in [2.75, 3.05) is 74.7 Å². The minimum Gasteiger partial charge on any atom is -0.369 e. The topological polar surface area (TPSA) is 229 Å². The summed E-state index contributed by atoms with van der Waals surface area (Å²) < 4.78 is 39.7. The number of anilines is 5. The third-order valence-corrected chi connectivity index (χ3v) is 15.2. The van der Waals surface area contributed by atoms with Crippen molar-refractivity contribution in [2.24, 2.45) is 5.41 Å². The highest BCUT2D eigenvalue weighted by molar-refractivity contribution is 7.89. The Balaban J connectivity index is 0.791. The second kappa shape index (κ2) is 24.2. The van der Waals surface area contributed by atoms with E-state index in [1.165, 1.54) is 0 Å². The van der Waals surface area contributed by atoms with E-state index in [0.717, 1.165) is 38.6 Å². The zero-order valence-corrected chi connectivity index (χ0v) is 45.1. The lowest BCUT2D eigenvalue weighted by Gasteiger charge is -2.36. The predicted octanol–water partition coefficient (Wildman–Crippen LogP) is 6.30. The molecule has 0 aliphatic carbocycles. The van der Waals surface area contributed by atoms with Gasteiger partial charge in [0.2, 0.25) is 39.6 Å². The molecule has 2 aliphatic rings. The molecule has 0 saturated carbocycles. The maximum Gasteiger partial charge on any atom is 0.248 e. The van der Waals surface area contributed by atoms with Crippen LogP contribution in [-0.4, -0.2) is 134 Å². The van der Waals surface area contributed by atoms with E-state index >= 15 is 0 Å². The van der Waals surface area contributed by atoms with Crippen molar-refractivity contribution in [3.05, 3.63) is 101 Å².